The highest BCUT2D eigenvalue weighted by Crippen LogP contribution is 2.30. The number of aryl methyl sites for hydroxylation is 1. The number of hydrogen-bond donors (Lipinski definition) is 0. The maximum Gasteiger partial charge on any atom is 0.163 e. The van der Waals surface area contributed by atoms with Gasteiger partial charge >= 0.3 is 0 Å². The molecule has 30 heavy (non-hydrogen) atoms. The Labute approximate surface area is 177 Å². The summed E-state index contributed by atoms with van der Waals surface area (Å²) in [6, 6.07) is 18.8. The van der Waals surface area contributed by atoms with Gasteiger partial charge in [0.05, 0.1) is 5.52 Å². The number of hydrogen-bond acceptors (Lipinski definition) is 5. The number of para-hydroxylation sites is 1. The first-order valence-electron chi connectivity index (χ1n) is 10.4. The first-order chi connectivity index (χ1) is 14.7. The van der Waals surface area contributed by atoms with E-state index in [2.05, 4.69) is 65.0 Å². The summed E-state index contributed by atoms with van der Waals surface area (Å²) >= 11 is 0. The van der Waals surface area contributed by atoms with Gasteiger partial charge in [0, 0.05) is 55.2 Å². The highest BCUT2D eigenvalue weighted by molar-refractivity contribution is 5.91. The Hall–Kier alpha value is -3.47. The quantitative estimate of drug-likeness (QED) is 0.506. The predicted octanol–water partition coefficient (Wildman–Crippen LogP) is 4.64. The zero-order valence-electron chi connectivity index (χ0n) is 17.4. The lowest BCUT2D eigenvalue weighted by Gasteiger charge is -2.38. The van der Waals surface area contributed by atoms with E-state index in [4.69, 9.17) is 9.97 Å². The van der Waals surface area contributed by atoms with Crippen molar-refractivity contribution in [3.8, 4) is 11.4 Å². The standard InChI is InChI=1S/C25H25N5/c1-18-7-5-11-23(19(18)2)29-13-15-30(16-14-29)25-21-9-3-4-10-22(21)27-24(28-25)20-8-6-12-26-17-20/h3-12,17H,13-16H2,1-2H3. The monoisotopic (exact) mass is 395 g/mol. The number of aromatic nitrogens is 3. The van der Waals surface area contributed by atoms with Crippen LogP contribution in [0.2, 0.25) is 0 Å². The minimum absolute atomic E-state index is 0.730. The fourth-order valence-electron chi connectivity index (χ4n) is 4.16. The first kappa shape index (κ1) is 18.6. The summed E-state index contributed by atoms with van der Waals surface area (Å²) < 4.78 is 0. The van der Waals surface area contributed by atoms with Crippen LogP contribution in [-0.4, -0.2) is 41.1 Å². The zero-order valence-corrected chi connectivity index (χ0v) is 17.4. The molecule has 0 atom stereocenters. The number of nitrogens with zero attached hydrogens (tertiary/aromatic N) is 5. The van der Waals surface area contributed by atoms with Crippen molar-refractivity contribution in [1.29, 1.82) is 0 Å². The molecule has 2 aromatic heterocycles. The van der Waals surface area contributed by atoms with Crippen LogP contribution in [0.3, 0.4) is 0 Å². The Morgan fingerprint density at radius 3 is 2.37 bits per heavy atom. The molecular formula is C25H25N5. The van der Waals surface area contributed by atoms with E-state index < -0.39 is 0 Å². The van der Waals surface area contributed by atoms with Gasteiger partial charge in [0.25, 0.3) is 0 Å². The van der Waals surface area contributed by atoms with Crippen molar-refractivity contribution in [3.05, 3.63) is 78.1 Å². The van der Waals surface area contributed by atoms with Crippen molar-refractivity contribution < 1.29 is 0 Å². The Kier molecular flexibility index (Phi) is 4.79. The van der Waals surface area contributed by atoms with Gasteiger partial charge in [0.2, 0.25) is 0 Å². The van der Waals surface area contributed by atoms with E-state index in [9.17, 15) is 0 Å². The molecule has 0 bridgehead atoms. The third-order valence-electron chi connectivity index (χ3n) is 6.00. The van der Waals surface area contributed by atoms with Gasteiger partial charge in [-0.05, 0) is 55.3 Å². The van der Waals surface area contributed by atoms with Crippen LogP contribution in [0.25, 0.3) is 22.3 Å². The van der Waals surface area contributed by atoms with Gasteiger partial charge in [0.15, 0.2) is 5.82 Å². The molecule has 5 heteroatoms. The van der Waals surface area contributed by atoms with Gasteiger partial charge in [-0.2, -0.15) is 0 Å². The Morgan fingerprint density at radius 2 is 1.57 bits per heavy atom. The summed E-state index contributed by atoms with van der Waals surface area (Å²) in [5, 5.41) is 1.10. The zero-order chi connectivity index (χ0) is 20.5. The van der Waals surface area contributed by atoms with Gasteiger partial charge in [-0.15, -0.1) is 0 Å². The summed E-state index contributed by atoms with van der Waals surface area (Å²) in [6.45, 7) is 8.22. The smallest absolute Gasteiger partial charge is 0.163 e. The second kappa shape index (κ2) is 7.75. The van der Waals surface area contributed by atoms with Crippen molar-refractivity contribution in [3.63, 3.8) is 0 Å². The van der Waals surface area contributed by atoms with E-state index in [1.165, 1.54) is 16.8 Å². The molecular weight excluding hydrogens is 370 g/mol. The van der Waals surface area contributed by atoms with Crippen molar-refractivity contribution in [2.75, 3.05) is 36.0 Å². The molecule has 0 aliphatic carbocycles. The van der Waals surface area contributed by atoms with E-state index in [0.29, 0.717) is 0 Å². The summed E-state index contributed by atoms with van der Waals surface area (Å²) in [7, 11) is 0. The van der Waals surface area contributed by atoms with Gasteiger partial charge in [-0.3, -0.25) is 4.98 Å². The van der Waals surface area contributed by atoms with Crippen LogP contribution < -0.4 is 9.80 Å². The largest absolute Gasteiger partial charge is 0.368 e. The fraction of sp³-hybridized carbons (Fsp3) is 0.240. The highest BCUT2D eigenvalue weighted by Gasteiger charge is 2.22. The van der Waals surface area contributed by atoms with Crippen molar-refractivity contribution >= 4 is 22.4 Å². The third-order valence-corrected chi connectivity index (χ3v) is 6.00. The highest BCUT2D eigenvalue weighted by atomic mass is 15.3. The SMILES string of the molecule is Cc1cccc(N2CCN(c3nc(-c4cccnc4)nc4ccccc34)CC2)c1C. The third kappa shape index (κ3) is 3.36. The van der Waals surface area contributed by atoms with E-state index in [0.717, 1.165) is 54.3 Å². The van der Waals surface area contributed by atoms with Gasteiger partial charge in [0.1, 0.15) is 5.82 Å². The lowest BCUT2D eigenvalue weighted by atomic mass is 10.1. The van der Waals surface area contributed by atoms with Crippen LogP contribution in [0.15, 0.2) is 67.0 Å². The van der Waals surface area contributed by atoms with E-state index in [1.807, 2.05) is 24.4 Å². The molecule has 1 saturated heterocycles. The molecule has 1 aliphatic rings. The number of piperazine rings is 1. The molecule has 0 N–H and O–H groups in total. The predicted molar refractivity (Wildman–Crippen MR) is 123 cm³/mol. The molecule has 0 unspecified atom stereocenters. The van der Waals surface area contributed by atoms with Gasteiger partial charge in [-0.25, -0.2) is 9.97 Å². The lowest BCUT2D eigenvalue weighted by molar-refractivity contribution is 0.648. The van der Waals surface area contributed by atoms with Crippen molar-refractivity contribution in [1.82, 2.24) is 15.0 Å². The normalized spacial score (nSPS) is 14.3. The molecule has 3 heterocycles. The number of benzene rings is 2. The summed E-state index contributed by atoms with van der Waals surface area (Å²) in [6.07, 6.45) is 3.60. The second-order valence-corrected chi connectivity index (χ2v) is 7.82. The molecule has 1 fully saturated rings. The molecule has 2 aromatic carbocycles. The van der Waals surface area contributed by atoms with Crippen molar-refractivity contribution in [2.24, 2.45) is 0 Å². The number of rotatable bonds is 3. The first-order valence-corrected chi connectivity index (χ1v) is 10.4. The average molecular weight is 396 g/mol. The molecule has 0 amide bonds. The van der Waals surface area contributed by atoms with Crippen LogP contribution in [0, 0.1) is 13.8 Å². The summed E-state index contributed by atoms with van der Waals surface area (Å²) in [4.78, 5) is 18.9. The van der Waals surface area contributed by atoms with Crippen LogP contribution in [0.1, 0.15) is 11.1 Å². The van der Waals surface area contributed by atoms with Crippen molar-refractivity contribution in [2.45, 2.75) is 13.8 Å². The van der Waals surface area contributed by atoms with Crippen LogP contribution in [0.5, 0.6) is 0 Å². The molecule has 4 aromatic rings. The maximum atomic E-state index is 4.98. The Balaban J connectivity index is 1.47. The Bertz CT molecular complexity index is 1180. The number of fused-ring (bicyclic) bond motifs is 1. The minimum Gasteiger partial charge on any atom is -0.368 e. The molecule has 0 spiro atoms. The number of pyridine rings is 1. The van der Waals surface area contributed by atoms with Crippen LogP contribution >= 0.6 is 0 Å². The molecule has 150 valence electrons. The second-order valence-electron chi connectivity index (χ2n) is 7.82. The molecule has 0 radical (unpaired) electrons. The van der Waals surface area contributed by atoms with Gasteiger partial charge < -0.3 is 9.80 Å². The molecule has 0 saturated carbocycles. The maximum absolute atomic E-state index is 4.98. The fourth-order valence-corrected chi connectivity index (χ4v) is 4.16. The van der Waals surface area contributed by atoms with Crippen LogP contribution in [-0.2, 0) is 0 Å². The molecule has 1 aliphatic heterocycles. The summed E-state index contributed by atoms with van der Waals surface area (Å²) in [5.41, 5.74) is 5.98. The average Bonchev–Trinajstić information content (AvgIpc) is 2.81. The van der Waals surface area contributed by atoms with E-state index >= 15 is 0 Å². The van der Waals surface area contributed by atoms with Gasteiger partial charge in [-0.1, -0.05) is 24.3 Å². The van der Waals surface area contributed by atoms with Crippen LogP contribution in [0.4, 0.5) is 11.5 Å². The Morgan fingerprint density at radius 1 is 0.767 bits per heavy atom. The topological polar surface area (TPSA) is 45.2 Å². The van der Waals surface area contributed by atoms with E-state index in [1.54, 1.807) is 6.20 Å². The molecule has 5 rings (SSSR count). The minimum atomic E-state index is 0.730. The lowest BCUT2D eigenvalue weighted by Crippen LogP contribution is -2.47. The molecule has 5 nitrogen and oxygen atoms in total. The van der Waals surface area contributed by atoms with E-state index in [-0.39, 0.29) is 0 Å². The summed E-state index contributed by atoms with van der Waals surface area (Å²) in [5.74, 6) is 1.74. The number of anilines is 2.